The van der Waals surface area contributed by atoms with Crippen molar-refractivity contribution in [2.24, 2.45) is 10.2 Å². The van der Waals surface area contributed by atoms with Crippen LogP contribution in [0.3, 0.4) is 0 Å². The summed E-state index contributed by atoms with van der Waals surface area (Å²) in [6, 6.07) is 63.9. The molecule has 2 nitrogen and oxygen atoms in total. The molecule has 1 atom stereocenters. The van der Waals surface area contributed by atoms with E-state index < -0.39 is 5.41 Å². The van der Waals surface area contributed by atoms with Gasteiger partial charge in [-0.25, -0.2) is 0 Å². The van der Waals surface area contributed by atoms with Crippen LogP contribution in [-0.4, -0.2) is 0 Å². The van der Waals surface area contributed by atoms with Gasteiger partial charge in [0.05, 0.1) is 11.1 Å². The first-order valence-electron chi connectivity index (χ1n) is 17.3. The van der Waals surface area contributed by atoms with Gasteiger partial charge in [-0.3, -0.25) is 0 Å². The summed E-state index contributed by atoms with van der Waals surface area (Å²) in [5, 5.41) is 10.2. The standard InChI is InChI=1S/C47H32N2S/c1-4-15-31(16-5-1)34-27-28-35-41(29-34)47(38-22-10-12-25-43(38)50-44-26-13-11-23-39(44)47)40-24-14-21-36(45(35)40)42-30-37(32-17-6-2-7-18-32)46(49-48-42)33-19-8-3-9-20-33/h1-29,42H,30H2. The number of benzene rings is 7. The summed E-state index contributed by atoms with van der Waals surface area (Å²) in [6.07, 6.45) is 0.766. The van der Waals surface area contributed by atoms with Crippen LogP contribution in [0.2, 0.25) is 0 Å². The Balaban J connectivity index is 1.23. The Morgan fingerprint density at radius 3 is 1.74 bits per heavy atom. The summed E-state index contributed by atoms with van der Waals surface area (Å²) in [4.78, 5) is 2.61. The first-order chi connectivity index (χ1) is 24.8. The van der Waals surface area contributed by atoms with E-state index in [4.69, 9.17) is 10.2 Å². The fourth-order valence-electron chi connectivity index (χ4n) is 8.48. The minimum atomic E-state index is -0.469. The maximum atomic E-state index is 5.13. The van der Waals surface area contributed by atoms with Crippen molar-refractivity contribution in [2.45, 2.75) is 27.7 Å². The first kappa shape index (κ1) is 29.2. The number of hydrogen-bond donors (Lipinski definition) is 0. The van der Waals surface area contributed by atoms with Crippen molar-refractivity contribution in [3.8, 4) is 22.3 Å². The van der Waals surface area contributed by atoms with Gasteiger partial charge in [0.1, 0.15) is 6.04 Å². The highest BCUT2D eigenvalue weighted by molar-refractivity contribution is 7.99. The minimum Gasteiger partial charge on any atom is -0.180 e. The average Bonchev–Trinajstić information content (AvgIpc) is 3.49. The second-order valence-corrected chi connectivity index (χ2v) is 14.3. The van der Waals surface area contributed by atoms with E-state index in [1.165, 1.54) is 71.0 Å². The van der Waals surface area contributed by atoms with Gasteiger partial charge in [0.25, 0.3) is 0 Å². The topological polar surface area (TPSA) is 24.7 Å². The smallest absolute Gasteiger partial charge is 0.101 e. The number of nitrogens with zero attached hydrogens (tertiary/aromatic N) is 2. The van der Waals surface area contributed by atoms with Crippen molar-refractivity contribution in [3.05, 3.63) is 215 Å². The highest BCUT2D eigenvalue weighted by atomic mass is 32.2. The lowest BCUT2D eigenvalue weighted by molar-refractivity contribution is 0.691. The van der Waals surface area contributed by atoms with E-state index in [1.54, 1.807) is 0 Å². The molecule has 3 aliphatic rings. The largest absolute Gasteiger partial charge is 0.180 e. The molecule has 50 heavy (non-hydrogen) atoms. The van der Waals surface area contributed by atoms with Crippen molar-refractivity contribution < 1.29 is 0 Å². The van der Waals surface area contributed by atoms with Crippen LogP contribution in [0.5, 0.6) is 0 Å². The Morgan fingerprint density at radius 1 is 0.480 bits per heavy atom. The van der Waals surface area contributed by atoms with E-state index >= 15 is 0 Å². The van der Waals surface area contributed by atoms with Crippen LogP contribution in [0, 0.1) is 0 Å². The minimum absolute atomic E-state index is 0.132. The van der Waals surface area contributed by atoms with Crippen LogP contribution < -0.4 is 0 Å². The molecule has 7 aromatic carbocycles. The van der Waals surface area contributed by atoms with Crippen molar-refractivity contribution in [1.29, 1.82) is 0 Å². The van der Waals surface area contributed by atoms with Crippen LogP contribution in [-0.2, 0) is 5.41 Å². The average molecular weight is 657 g/mol. The molecule has 0 N–H and O–H groups in total. The van der Waals surface area contributed by atoms with Crippen LogP contribution in [0.15, 0.2) is 196 Å². The molecule has 7 aromatic rings. The molecular weight excluding hydrogens is 625 g/mol. The Hall–Kier alpha value is -5.77. The highest BCUT2D eigenvalue weighted by Gasteiger charge is 2.51. The van der Waals surface area contributed by atoms with Gasteiger partial charge >= 0.3 is 0 Å². The van der Waals surface area contributed by atoms with E-state index in [1.807, 2.05) is 11.8 Å². The first-order valence-corrected chi connectivity index (χ1v) is 18.1. The molecule has 0 radical (unpaired) electrons. The molecule has 2 heterocycles. The zero-order valence-corrected chi connectivity index (χ0v) is 28.1. The molecule has 10 rings (SSSR count). The van der Waals surface area contributed by atoms with Crippen LogP contribution >= 0.6 is 11.8 Å². The van der Waals surface area contributed by atoms with Gasteiger partial charge in [-0.15, -0.1) is 0 Å². The normalized spacial score (nSPS) is 16.4. The van der Waals surface area contributed by atoms with Crippen molar-refractivity contribution >= 4 is 23.0 Å². The maximum Gasteiger partial charge on any atom is 0.101 e. The number of hydrogen-bond acceptors (Lipinski definition) is 3. The molecule has 0 bridgehead atoms. The zero-order chi connectivity index (χ0) is 33.1. The van der Waals surface area contributed by atoms with Crippen molar-refractivity contribution in [2.75, 3.05) is 0 Å². The Bertz CT molecular complexity index is 2440. The second kappa shape index (κ2) is 11.7. The summed E-state index contributed by atoms with van der Waals surface area (Å²) in [5.41, 5.74) is 15.6. The van der Waals surface area contributed by atoms with Gasteiger partial charge in [0.2, 0.25) is 0 Å². The SMILES string of the molecule is c1ccc(C2=C(c3ccccc3)N=NC(c3cccc4c3-c3ccc(-c5ccccc5)cc3C43c4ccccc4Sc4ccccc43)C2)cc1. The fraction of sp³-hybridized carbons (Fsp3) is 0.0638. The third kappa shape index (κ3) is 4.37. The molecular formula is C47H32N2S. The monoisotopic (exact) mass is 656 g/mol. The Labute approximate surface area is 296 Å². The van der Waals surface area contributed by atoms with Gasteiger partial charge < -0.3 is 0 Å². The summed E-state index contributed by atoms with van der Waals surface area (Å²) in [5.74, 6) is 0. The zero-order valence-electron chi connectivity index (χ0n) is 27.3. The summed E-state index contributed by atoms with van der Waals surface area (Å²) < 4.78 is 0. The van der Waals surface area contributed by atoms with Gasteiger partial charge in [0.15, 0.2) is 0 Å². The lowest BCUT2D eigenvalue weighted by Gasteiger charge is -2.39. The van der Waals surface area contributed by atoms with E-state index in [0.29, 0.717) is 0 Å². The van der Waals surface area contributed by atoms with Crippen LogP contribution in [0.4, 0.5) is 0 Å². The third-order valence-electron chi connectivity index (χ3n) is 10.6. The molecule has 0 saturated carbocycles. The quantitative estimate of drug-likeness (QED) is 0.185. The number of azo groups is 1. The second-order valence-electron chi connectivity index (χ2n) is 13.2. The van der Waals surface area contributed by atoms with Gasteiger partial charge in [0, 0.05) is 21.8 Å². The summed E-state index contributed by atoms with van der Waals surface area (Å²) in [6.45, 7) is 0. The van der Waals surface area contributed by atoms with E-state index in [2.05, 4.69) is 176 Å². The molecule has 3 heteroatoms. The highest BCUT2D eigenvalue weighted by Crippen LogP contribution is 2.63. The summed E-state index contributed by atoms with van der Waals surface area (Å²) in [7, 11) is 0. The third-order valence-corrected chi connectivity index (χ3v) is 11.8. The molecule has 0 saturated heterocycles. The van der Waals surface area contributed by atoms with E-state index in [9.17, 15) is 0 Å². The summed E-state index contributed by atoms with van der Waals surface area (Å²) >= 11 is 1.88. The van der Waals surface area contributed by atoms with E-state index in [-0.39, 0.29) is 6.04 Å². The molecule has 1 spiro atoms. The van der Waals surface area contributed by atoms with Gasteiger partial charge in [-0.05, 0) is 79.4 Å². The number of fused-ring (bicyclic) bond motifs is 9. The molecule has 1 aliphatic carbocycles. The van der Waals surface area contributed by atoms with E-state index in [0.717, 1.165) is 17.7 Å². The van der Waals surface area contributed by atoms with Crippen LogP contribution in [0.1, 0.15) is 51.4 Å². The molecule has 2 aliphatic heterocycles. The maximum absolute atomic E-state index is 5.13. The fourth-order valence-corrected chi connectivity index (χ4v) is 9.67. The van der Waals surface area contributed by atoms with Gasteiger partial charge in [-0.2, -0.15) is 10.2 Å². The molecule has 1 unspecified atom stereocenters. The van der Waals surface area contributed by atoms with Crippen molar-refractivity contribution in [1.82, 2.24) is 0 Å². The lowest BCUT2D eigenvalue weighted by atomic mass is 9.67. The molecule has 0 fully saturated rings. The predicted octanol–water partition coefficient (Wildman–Crippen LogP) is 12.6. The van der Waals surface area contributed by atoms with Crippen molar-refractivity contribution in [3.63, 3.8) is 0 Å². The van der Waals surface area contributed by atoms with Crippen LogP contribution in [0.25, 0.3) is 33.5 Å². The predicted molar refractivity (Wildman–Crippen MR) is 205 cm³/mol. The number of rotatable bonds is 4. The molecule has 0 amide bonds. The lowest BCUT2D eigenvalue weighted by Crippen LogP contribution is -2.32. The molecule has 236 valence electrons. The Morgan fingerprint density at radius 2 is 1.06 bits per heavy atom. The Kier molecular flexibility index (Phi) is 6.82. The molecule has 0 aromatic heterocycles. The van der Waals surface area contributed by atoms with Gasteiger partial charge in [-0.1, -0.05) is 169 Å².